The van der Waals surface area contributed by atoms with E-state index in [-0.39, 0.29) is 23.5 Å². The molecule has 0 saturated carbocycles. The van der Waals surface area contributed by atoms with Crippen LogP contribution in [0.15, 0.2) is 128 Å². The van der Waals surface area contributed by atoms with Crippen LogP contribution < -0.4 is 11.5 Å². The zero-order valence-electron chi connectivity index (χ0n) is 36.6. The van der Waals surface area contributed by atoms with E-state index in [0.29, 0.717) is 42.6 Å². The number of benzene rings is 4. The van der Waals surface area contributed by atoms with Crippen molar-refractivity contribution in [2.45, 2.75) is 83.5 Å². The number of hydrogen-bond acceptors (Lipinski definition) is 6. The highest BCUT2D eigenvalue weighted by Crippen LogP contribution is 2.31. The van der Waals surface area contributed by atoms with Crippen molar-refractivity contribution in [3.63, 3.8) is 0 Å². The van der Waals surface area contributed by atoms with Crippen LogP contribution in [-0.2, 0) is 12.8 Å². The number of rotatable bonds is 13. The molecule has 330 valence electrons. The van der Waals surface area contributed by atoms with Gasteiger partial charge in [-0.1, -0.05) is 109 Å². The monoisotopic (exact) mass is 854 g/mol. The second-order valence-electron chi connectivity index (χ2n) is 16.5. The molecule has 2 aliphatic rings. The summed E-state index contributed by atoms with van der Waals surface area (Å²) in [5.41, 5.74) is 18.5. The molecule has 63 heavy (non-hydrogen) atoms. The van der Waals surface area contributed by atoms with Gasteiger partial charge in [-0.25, -0.2) is 8.78 Å². The molecule has 0 aliphatic carbocycles. The molecule has 6 aromatic rings. The Hall–Kier alpha value is -6.30. The minimum atomic E-state index is -0.234. The fraction of sp³-hybridized carbons (Fsp3) is 0.373. The second kappa shape index (κ2) is 22.2. The highest BCUT2D eigenvalue weighted by atomic mass is 19.1. The van der Waals surface area contributed by atoms with E-state index in [1.165, 1.54) is 38.5 Å². The maximum Gasteiger partial charge on any atom is 0.191 e. The van der Waals surface area contributed by atoms with Crippen LogP contribution in [0.1, 0.15) is 105 Å². The van der Waals surface area contributed by atoms with Crippen LogP contribution in [0.2, 0.25) is 0 Å². The van der Waals surface area contributed by atoms with Crippen LogP contribution in [0.25, 0.3) is 22.3 Å². The molecule has 0 spiro atoms. The lowest BCUT2D eigenvalue weighted by molar-refractivity contribution is 0.337. The van der Waals surface area contributed by atoms with Gasteiger partial charge in [-0.2, -0.15) is 0 Å². The molecule has 2 saturated heterocycles. The minimum Gasteiger partial charge on any atom is -0.370 e. The maximum absolute atomic E-state index is 14.8. The van der Waals surface area contributed by atoms with Crippen molar-refractivity contribution in [1.29, 1.82) is 0 Å². The first-order valence-corrected chi connectivity index (χ1v) is 22.4. The number of aliphatic imine (C=N–C) groups is 2. The summed E-state index contributed by atoms with van der Waals surface area (Å²) in [5.74, 6) is 2.26. The summed E-state index contributed by atoms with van der Waals surface area (Å²) in [7, 11) is 0. The Morgan fingerprint density at radius 2 is 1.00 bits per heavy atom. The first-order valence-electron chi connectivity index (χ1n) is 22.4. The minimum absolute atomic E-state index is 0.0559. The second-order valence-corrected chi connectivity index (χ2v) is 16.5. The van der Waals surface area contributed by atoms with E-state index in [9.17, 15) is 8.78 Å². The largest absolute Gasteiger partial charge is 0.370 e. The van der Waals surface area contributed by atoms with E-state index < -0.39 is 0 Å². The molecular formula is C51H60F2N8O2. The predicted octanol–water partition coefficient (Wildman–Crippen LogP) is 10.3. The molecule has 4 aromatic carbocycles. The van der Waals surface area contributed by atoms with Crippen molar-refractivity contribution in [3.05, 3.63) is 155 Å². The molecule has 4 N–H and O–H groups in total. The van der Waals surface area contributed by atoms with Gasteiger partial charge < -0.3 is 30.3 Å². The molecule has 8 rings (SSSR count). The normalized spacial score (nSPS) is 15.7. The Morgan fingerprint density at radius 3 is 1.44 bits per heavy atom. The Kier molecular flexibility index (Phi) is 15.7. The first kappa shape index (κ1) is 44.7. The number of piperidine rings is 2. The van der Waals surface area contributed by atoms with E-state index >= 15 is 0 Å². The lowest BCUT2D eigenvalue weighted by atomic mass is 9.94. The topological polar surface area (TPSA) is 135 Å². The van der Waals surface area contributed by atoms with Gasteiger partial charge in [-0.3, -0.25) is 9.98 Å². The molecule has 2 aliphatic heterocycles. The molecule has 0 radical (unpaired) electrons. The fourth-order valence-electron chi connectivity index (χ4n) is 8.12. The van der Waals surface area contributed by atoms with E-state index in [2.05, 4.69) is 30.1 Å². The van der Waals surface area contributed by atoms with Crippen molar-refractivity contribution in [2.24, 2.45) is 21.5 Å². The van der Waals surface area contributed by atoms with Gasteiger partial charge in [0, 0.05) is 87.2 Å². The Labute approximate surface area is 370 Å². The molecule has 4 heterocycles. The molecule has 10 nitrogen and oxygen atoms in total. The maximum atomic E-state index is 14.8. The molecule has 2 unspecified atom stereocenters. The van der Waals surface area contributed by atoms with Crippen molar-refractivity contribution in [1.82, 2.24) is 20.1 Å². The third kappa shape index (κ3) is 12.2. The summed E-state index contributed by atoms with van der Waals surface area (Å²) in [4.78, 5) is 13.3. The predicted molar refractivity (Wildman–Crippen MR) is 248 cm³/mol. The van der Waals surface area contributed by atoms with Gasteiger partial charge in [0.05, 0.1) is 11.4 Å². The molecule has 2 fully saturated rings. The lowest BCUT2D eigenvalue weighted by Gasteiger charge is -2.27. The quantitative estimate of drug-likeness (QED) is 0.0666. The average molecular weight is 855 g/mol. The number of nitrogens with zero attached hydrogens (tertiary/aromatic N) is 6. The number of aryl methyl sites for hydroxylation is 1. The smallest absolute Gasteiger partial charge is 0.191 e. The number of aromatic nitrogens is 2. The van der Waals surface area contributed by atoms with Gasteiger partial charge in [0.1, 0.15) is 23.2 Å². The van der Waals surface area contributed by atoms with E-state index in [0.717, 1.165) is 84.2 Å². The molecular weight excluding hydrogens is 795 g/mol. The average Bonchev–Trinajstić information content (AvgIpc) is 4.02. The summed E-state index contributed by atoms with van der Waals surface area (Å²) in [6, 6.07) is 33.8. The lowest BCUT2D eigenvalue weighted by Crippen LogP contribution is -2.41. The number of halogens is 2. The van der Waals surface area contributed by atoms with Crippen molar-refractivity contribution >= 4 is 11.9 Å². The van der Waals surface area contributed by atoms with Gasteiger partial charge in [-0.05, 0) is 79.3 Å². The molecule has 0 bridgehead atoms. The van der Waals surface area contributed by atoms with Gasteiger partial charge in [0.2, 0.25) is 0 Å². The molecule has 2 atom stereocenters. The van der Waals surface area contributed by atoms with Crippen LogP contribution in [0.3, 0.4) is 0 Å². The van der Waals surface area contributed by atoms with Crippen molar-refractivity contribution < 1.29 is 17.8 Å². The third-order valence-electron chi connectivity index (χ3n) is 12.0. The highest BCUT2D eigenvalue weighted by Gasteiger charge is 2.19. The zero-order chi connectivity index (χ0) is 44.0. The van der Waals surface area contributed by atoms with Crippen LogP contribution in [0.5, 0.6) is 0 Å². The van der Waals surface area contributed by atoms with Crippen molar-refractivity contribution in [3.8, 4) is 22.3 Å². The number of guanidine groups is 2. The number of hydrogen-bond donors (Lipinski definition) is 2. The number of nitrogens with two attached hydrogens (primary N) is 2. The summed E-state index contributed by atoms with van der Waals surface area (Å²) in [6.45, 7) is 9.23. The summed E-state index contributed by atoms with van der Waals surface area (Å²) >= 11 is 0. The summed E-state index contributed by atoms with van der Waals surface area (Å²) in [5, 5.41) is 8.43. The third-order valence-corrected chi connectivity index (χ3v) is 12.0. The van der Waals surface area contributed by atoms with Crippen LogP contribution in [0.4, 0.5) is 8.78 Å². The molecule has 2 aromatic heterocycles. The number of likely N-dealkylation sites (tertiary alicyclic amines) is 2. The highest BCUT2D eigenvalue weighted by molar-refractivity contribution is 5.78. The van der Waals surface area contributed by atoms with Gasteiger partial charge in [0.25, 0.3) is 0 Å². The Bertz CT molecular complexity index is 2400. The van der Waals surface area contributed by atoms with Crippen LogP contribution in [-0.4, -0.2) is 71.3 Å². The van der Waals surface area contributed by atoms with Crippen molar-refractivity contribution in [2.75, 3.05) is 39.3 Å². The summed E-state index contributed by atoms with van der Waals surface area (Å²) in [6.07, 6.45) is 9.49. The van der Waals surface area contributed by atoms with Gasteiger partial charge >= 0.3 is 0 Å². The molecule has 12 heteroatoms. The Morgan fingerprint density at radius 1 is 0.571 bits per heavy atom. The standard InChI is InChI=1S/C26H31FN4O.C25H29FN4O/c1-19(21-12-13-23(24(27)17-21)20-9-4-2-5-10-20)25-18-22(32-30-25)11-8-14-29-26(28)31-15-6-3-7-16-31;1-18(20-10-11-22(23(26)16-20)19-8-4-2-5-9-19)24-17-21(31-29-24)12-13-28-25(27)30-14-6-3-7-15-30/h2,4-5,9-10,12-13,17-19H,3,6-8,11,14-16H2,1H3,(H2,28,29);2,4-5,8-11,16-18H,3,6-7,12-15H2,1H3,(H2,27,28). The van der Waals surface area contributed by atoms with Gasteiger partial charge in [0.15, 0.2) is 11.9 Å². The van der Waals surface area contributed by atoms with E-state index in [1.807, 2.05) is 111 Å². The molecule has 0 amide bonds. The zero-order valence-corrected chi connectivity index (χ0v) is 36.6. The van der Waals surface area contributed by atoms with Gasteiger partial charge in [-0.15, -0.1) is 0 Å². The van der Waals surface area contributed by atoms with Crippen LogP contribution >= 0.6 is 0 Å². The van der Waals surface area contributed by atoms with E-state index in [4.69, 9.17) is 20.5 Å². The fourth-order valence-corrected chi connectivity index (χ4v) is 8.12. The van der Waals surface area contributed by atoms with Crippen LogP contribution in [0, 0.1) is 11.6 Å². The first-order chi connectivity index (χ1) is 30.7. The Balaban J connectivity index is 0.000000189. The summed E-state index contributed by atoms with van der Waals surface area (Å²) < 4.78 is 40.5. The van der Waals surface area contributed by atoms with E-state index in [1.54, 1.807) is 12.1 Å². The SMILES string of the molecule is CC(c1ccc(-c2ccccc2)c(F)c1)c1cc(CCCN=C(N)N2CCCCC2)on1.CC(c1ccc(-c2ccccc2)c(F)c1)c1cc(CCN=C(N)N2CCCCC2)on1.